The number of fused-ring (bicyclic) bond motifs is 1. The van der Waals surface area contributed by atoms with E-state index < -0.39 is 0 Å². The number of benzene rings is 1. The zero-order valence-corrected chi connectivity index (χ0v) is 7.70. The van der Waals surface area contributed by atoms with Gasteiger partial charge in [0.05, 0.1) is 0 Å². The fraction of sp³-hybridized carbons (Fsp3) is 0.182. The van der Waals surface area contributed by atoms with Crippen LogP contribution in [0, 0.1) is 13.8 Å². The third-order valence-electron chi connectivity index (χ3n) is 2.32. The molecule has 1 heterocycles. The summed E-state index contributed by atoms with van der Waals surface area (Å²) in [7, 11) is 0. The van der Waals surface area contributed by atoms with Crippen LogP contribution in [0.15, 0.2) is 24.4 Å². The maximum absolute atomic E-state index is 9.75. The number of hydrogen-bond donors (Lipinski definition) is 1. The van der Waals surface area contributed by atoms with Gasteiger partial charge in [0.2, 0.25) is 0 Å². The maximum Gasteiger partial charge on any atom is 0.126 e. The summed E-state index contributed by atoms with van der Waals surface area (Å²) >= 11 is 0. The van der Waals surface area contributed by atoms with Gasteiger partial charge in [-0.3, -0.25) is 4.98 Å². The van der Waals surface area contributed by atoms with Crippen molar-refractivity contribution in [2.24, 2.45) is 0 Å². The highest BCUT2D eigenvalue weighted by Gasteiger charge is 2.04. The molecule has 0 aliphatic carbocycles. The van der Waals surface area contributed by atoms with E-state index in [2.05, 4.69) is 4.98 Å². The molecule has 0 fully saturated rings. The molecule has 0 radical (unpaired) electrons. The molecule has 2 nitrogen and oxygen atoms in total. The van der Waals surface area contributed by atoms with Crippen molar-refractivity contribution in [1.29, 1.82) is 0 Å². The van der Waals surface area contributed by atoms with Gasteiger partial charge in [0.15, 0.2) is 0 Å². The van der Waals surface area contributed by atoms with E-state index in [1.165, 1.54) is 0 Å². The minimum Gasteiger partial charge on any atom is -0.507 e. The van der Waals surface area contributed by atoms with Crippen molar-refractivity contribution in [2.75, 3.05) is 0 Å². The Bertz CT molecular complexity index is 463. The SMILES string of the molecule is Cc1ccc2c(C)nccc2c1O. The van der Waals surface area contributed by atoms with Crippen LogP contribution >= 0.6 is 0 Å². The van der Waals surface area contributed by atoms with Crippen molar-refractivity contribution < 1.29 is 5.11 Å². The highest BCUT2D eigenvalue weighted by molar-refractivity contribution is 5.90. The Morgan fingerprint density at radius 3 is 2.62 bits per heavy atom. The van der Waals surface area contributed by atoms with Crippen LogP contribution in [-0.4, -0.2) is 10.1 Å². The molecule has 2 heteroatoms. The van der Waals surface area contributed by atoms with Crippen molar-refractivity contribution >= 4 is 10.8 Å². The van der Waals surface area contributed by atoms with Gasteiger partial charge in [-0.25, -0.2) is 0 Å². The molecule has 1 aromatic heterocycles. The summed E-state index contributed by atoms with van der Waals surface area (Å²) in [5, 5.41) is 11.7. The first-order valence-corrected chi connectivity index (χ1v) is 4.24. The molecule has 0 atom stereocenters. The summed E-state index contributed by atoms with van der Waals surface area (Å²) in [6, 6.07) is 5.74. The number of aryl methyl sites for hydroxylation is 2. The summed E-state index contributed by atoms with van der Waals surface area (Å²) < 4.78 is 0. The van der Waals surface area contributed by atoms with Gasteiger partial charge in [0, 0.05) is 22.7 Å². The molecule has 0 saturated heterocycles. The van der Waals surface area contributed by atoms with Gasteiger partial charge in [0.25, 0.3) is 0 Å². The molecule has 13 heavy (non-hydrogen) atoms. The molecular formula is C11H11NO. The van der Waals surface area contributed by atoms with Crippen molar-refractivity contribution in [3.05, 3.63) is 35.7 Å². The van der Waals surface area contributed by atoms with E-state index in [4.69, 9.17) is 0 Å². The second-order valence-electron chi connectivity index (χ2n) is 3.22. The number of hydrogen-bond acceptors (Lipinski definition) is 2. The zero-order chi connectivity index (χ0) is 9.42. The molecule has 0 unspecified atom stereocenters. The molecule has 2 aromatic rings. The van der Waals surface area contributed by atoms with E-state index in [-0.39, 0.29) is 0 Å². The first-order valence-electron chi connectivity index (χ1n) is 4.24. The van der Waals surface area contributed by atoms with E-state index in [0.717, 1.165) is 22.0 Å². The Balaban J connectivity index is 2.94. The molecule has 0 bridgehead atoms. The summed E-state index contributed by atoms with van der Waals surface area (Å²) in [4.78, 5) is 4.17. The Hall–Kier alpha value is -1.57. The highest BCUT2D eigenvalue weighted by atomic mass is 16.3. The standard InChI is InChI=1S/C11H11NO/c1-7-3-4-9-8(2)12-6-5-10(9)11(7)13/h3-6,13H,1-2H3. The monoisotopic (exact) mass is 173 g/mol. The minimum atomic E-state index is 0.364. The van der Waals surface area contributed by atoms with E-state index in [0.29, 0.717) is 5.75 Å². The Morgan fingerprint density at radius 1 is 1.08 bits per heavy atom. The predicted octanol–water partition coefficient (Wildman–Crippen LogP) is 2.56. The number of rotatable bonds is 0. The van der Waals surface area contributed by atoms with Gasteiger partial charge in [-0.1, -0.05) is 12.1 Å². The lowest BCUT2D eigenvalue weighted by Gasteiger charge is -2.05. The minimum absolute atomic E-state index is 0.364. The van der Waals surface area contributed by atoms with Gasteiger partial charge in [-0.2, -0.15) is 0 Å². The molecule has 0 spiro atoms. The van der Waals surface area contributed by atoms with Crippen LogP contribution in [0.25, 0.3) is 10.8 Å². The first-order chi connectivity index (χ1) is 6.20. The third-order valence-corrected chi connectivity index (χ3v) is 2.32. The molecular weight excluding hydrogens is 162 g/mol. The van der Waals surface area contributed by atoms with Crippen molar-refractivity contribution in [1.82, 2.24) is 4.98 Å². The van der Waals surface area contributed by atoms with Crippen LogP contribution in [0.2, 0.25) is 0 Å². The van der Waals surface area contributed by atoms with Crippen LogP contribution in [0.1, 0.15) is 11.3 Å². The van der Waals surface area contributed by atoms with E-state index in [1.807, 2.05) is 32.0 Å². The van der Waals surface area contributed by atoms with Crippen molar-refractivity contribution in [3.8, 4) is 5.75 Å². The second kappa shape index (κ2) is 2.73. The molecule has 0 saturated carbocycles. The average Bonchev–Trinajstić information content (AvgIpc) is 2.12. The Morgan fingerprint density at radius 2 is 1.85 bits per heavy atom. The molecule has 1 aromatic carbocycles. The summed E-state index contributed by atoms with van der Waals surface area (Å²) in [5.41, 5.74) is 1.85. The quantitative estimate of drug-likeness (QED) is 0.664. The lowest BCUT2D eigenvalue weighted by atomic mass is 10.1. The van der Waals surface area contributed by atoms with Gasteiger partial charge in [0.1, 0.15) is 5.75 Å². The van der Waals surface area contributed by atoms with Crippen LogP contribution in [0.3, 0.4) is 0 Å². The molecule has 1 N–H and O–H groups in total. The fourth-order valence-electron chi connectivity index (χ4n) is 1.49. The lowest BCUT2D eigenvalue weighted by molar-refractivity contribution is 0.477. The molecule has 2 rings (SSSR count). The smallest absolute Gasteiger partial charge is 0.126 e. The van der Waals surface area contributed by atoms with Gasteiger partial charge < -0.3 is 5.11 Å². The zero-order valence-electron chi connectivity index (χ0n) is 7.70. The predicted molar refractivity (Wildman–Crippen MR) is 52.9 cm³/mol. The number of aromatic hydroxyl groups is 1. The van der Waals surface area contributed by atoms with Gasteiger partial charge >= 0.3 is 0 Å². The van der Waals surface area contributed by atoms with Crippen LogP contribution in [0.5, 0.6) is 5.75 Å². The third kappa shape index (κ3) is 1.15. The maximum atomic E-state index is 9.75. The Kier molecular flexibility index (Phi) is 1.69. The van der Waals surface area contributed by atoms with E-state index >= 15 is 0 Å². The topological polar surface area (TPSA) is 33.1 Å². The van der Waals surface area contributed by atoms with Crippen molar-refractivity contribution in [2.45, 2.75) is 13.8 Å². The van der Waals surface area contributed by atoms with Crippen LogP contribution < -0.4 is 0 Å². The summed E-state index contributed by atoms with van der Waals surface area (Å²) in [6.07, 6.45) is 1.72. The first kappa shape index (κ1) is 8.05. The molecule has 0 amide bonds. The Labute approximate surface area is 76.9 Å². The average molecular weight is 173 g/mol. The van der Waals surface area contributed by atoms with E-state index in [9.17, 15) is 5.11 Å². The number of phenolic OH excluding ortho intramolecular Hbond substituents is 1. The van der Waals surface area contributed by atoms with Gasteiger partial charge in [-0.05, 0) is 25.5 Å². The van der Waals surface area contributed by atoms with E-state index in [1.54, 1.807) is 6.20 Å². The number of nitrogens with zero attached hydrogens (tertiary/aromatic N) is 1. The van der Waals surface area contributed by atoms with Gasteiger partial charge in [-0.15, -0.1) is 0 Å². The largest absolute Gasteiger partial charge is 0.507 e. The molecule has 0 aliphatic heterocycles. The fourth-order valence-corrected chi connectivity index (χ4v) is 1.49. The number of aromatic nitrogens is 1. The summed E-state index contributed by atoms with van der Waals surface area (Å²) in [5.74, 6) is 0.364. The highest BCUT2D eigenvalue weighted by Crippen LogP contribution is 2.28. The lowest BCUT2D eigenvalue weighted by Crippen LogP contribution is -1.84. The normalized spacial score (nSPS) is 10.6. The van der Waals surface area contributed by atoms with Crippen molar-refractivity contribution in [3.63, 3.8) is 0 Å². The number of pyridine rings is 1. The second-order valence-corrected chi connectivity index (χ2v) is 3.22. The molecule has 0 aliphatic rings. The summed E-state index contributed by atoms with van der Waals surface area (Å²) in [6.45, 7) is 3.83. The number of phenols is 1. The van der Waals surface area contributed by atoms with Crippen LogP contribution in [0.4, 0.5) is 0 Å². The molecule has 66 valence electrons. The van der Waals surface area contributed by atoms with Crippen LogP contribution in [-0.2, 0) is 0 Å².